The number of halogens is 2. The number of rotatable bonds is 4. The SMILES string of the molecule is Cc1nn(Cc2cccc3ccccc23)c(C)c1NC(=S)Nc1cc(Cl)ccc1Cl. The molecule has 4 aromatic rings. The highest BCUT2D eigenvalue weighted by Crippen LogP contribution is 2.27. The lowest BCUT2D eigenvalue weighted by Gasteiger charge is -2.13. The highest BCUT2D eigenvalue weighted by Gasteiger charge is 2.14. The molecule has 30 heavy (non-hydrogen) atoms. The van der Waals surface area contributed by atoms with E-state index in [0.717, 1.165) is 17.1 Å². The first kappa shape index (κ1) is 20.7. The smallest absolute Gasteiger partial charge is 0.175 e. The second-order valence-electron chi connectivity index (χ2n) is 7.05. The van der Waals surface area contributed by atoms with Gasteiger partial charge in [0, 0.05) is 5.02 Å². The average molecular weight is 455 g/mol. The van der Waals surface area contributed by atoms with E-state index in [9.17, 15) is 0 Å². The third-order valence-electron chi connectivity index (χ3n) is 5.00. The Morgan fingerprint density at radius 1 is 1.00 bits per heavy atom. The lowest BCUT2D eigenvalue weighted by atomic mass is 10.0. The maximum absolute atomic E-state index is 6.22. The van der Waals surface area contributed by atoms with Gasteiger partial charge in [0.15, 0.2) is 5.11 Å². The Hall–Kier alpha value is -2.60. The monoisotopic (exact) mass is 454 g/mol. The molecular weight excluding hydrogens is 435 g/mol. The molecule has 0 spiro atoms. The molecule has 0 bridgehead atoms. The highest BCUT2D eigenvalue weighted by molar-refractivity contribution is 7.80. The van der Waals surface area contributed by atoms with Crippen LogP contribution in [0.1, 0.15) is 17.0 Å². The van der Waals surface area contributed by atoms with Crippen LogP contribution in [0.25, 0.3) is 10.8 Å². The molecule has 0 aliphatic heterocycles. The Morgan fingerprint density at radius 3 is 2.60 bits per heavy atom. The van der Waals surface area contributed by atoms with Crippen LogP contribution in [-0.4, -0.2) is 14.9 Å². The fraction of sp³-hybridized carbons (Fsp3) is 0.130. The quantitative estimate of drug-likeness (QED) is 0.332. The molecule has 0 saturated carbocycles. The minimum atomic E-state index is 0.426. The summed E-state index contributed by atoms with van der Waals surface area (Å²) in [5.74, 6) is 0. The maximum Gasteiger partial charge on any atom is 0.175 e. The van der Waals surface area contributed by atoms with E-state index in [-0.39, 0.29) is 0 Å². The molecule has 0 unspecified atom stereocenters. The largest absolute Gasteiger partial charge is 0.331 e. The molecule has 0 saturated heterocycles. The van der Waals surface area contributed by atoms with Gasteiger partial charge in [-0.15, -0.1) is 0 Å². The number of aryl methyl sites for hydroxylation is 1. The highest BCUT2D eigenvalue weighted by atomic mass is 35.5. The molecule has 0 aliphatic rings. The van der Waals surface area contributed by atoms with Crippen LogP contribution in [0.2, 0.25) is 10.0 Å². The molecule has 1 aromatic heterocycles. The number of benzene rings is 3. The van der Waals surface area contributed by atoms with Crippen LogP contribution >= 0.6 is 35.4 Å². The van der Waals surface area contributed by atoms with Gasteiger partial charge in [0.1, 0.15) is 0 Å². The summed E-state index contributed by atoms with van der Waals surface area (Å²) in [7, 11) is 0. The summed E-state index contributed by atoms with van der Waals surface area (Å²) in [6, 6.07) is 19.9. The molecular formula is C23H20Cl2N4S. The molecule has 0 atom stereocenters. The minimum Gasteiger partial charge on any atom is -0.331 e. The lowest BCUT2D eigenvalue weighted by Crippen LogP contribution is -2.20. The summed E-state index contributed by atoms with van der Waals surface area (Å²) < 4.78 is 1.99. The molecule has 4 nitrogen and oxygen atoms in total. The summed E-state index contributed by atoms with van der Waals surface area (Å²) in [4.78, 5) is 0. The molecule has 1 heterocycles. The molecule has 0 radical (unpaired) electrons. The number of hydrogen-bond acceptors (Lipinski definition) is 2. The number of aromatic nitrogens is 2. The first-order chi connectivity index (χ1) is 14.4. The van der Waals surface area contributed by atoms with E-state index in [0.29, 0.717) is 27.4 Å². The van der Waals surface area contributed by atoms with Crippen molar-refractivity contribution in [3.63, 3.8) is 0 Å². The molecule has 7 heteroatoms. The zero-order valence-corrected chi connectivity index (χ0v) is 18.9. The summed E-state index contributed by atoms with van der Waals surface area (Å²) in [6.07, 6.45) is 0. The van der Waals surface area contributed by atoms with Crippen molar-refractivity contribution in [2.75, 3.05) is 10.6 Å². The fourth-order valence-corrected chi connectivity index (χ4v) is 4.03. The van der Waals surface area contributed by atoms with Crippen molar-refractivity contribution in [1.82, 2.24) is 9.78 Å². The van der Waals surface area contributed by atoms with Crippen molar-refractivity contribution in [2.45, 2.75) is 20.4 Å². The molecule has 0 fully saturated rings. The van der Waals surface area contributed by atoms with E-state index in [1.165, 1.54) is 16.3 Å². The third kappa shape index (κ3) is 4.29. The summed E-state index contributed by atoms with van der Waals surface area (Å²) in [5.41, 5.74) is 4.62. The van der Waals surface area contributed by atoms with Gasteiger partial charge in [0.05, 0.1) is 34.3 Å². The lowest BCUT2D eigenvalue weighted by molar-refractivity contribution is 0.662. The number of anilines is 2. The Balaban J connectivity index is 1.56. The summed E-state index contributed by atoms with van der Waals surface area (Å²) >= 11 is 17.8. The number of hydrogen-bond donors (Lipinski definition) is 2. The normalized spacial score (nSPS) is 10.9. The van der Waals surface area contributed by atoms with Crippen LogP contribution in [0.15, 0.2) is 60.7 Å². The van der Waals surface area contributed by atoms with Crippen LogP contribution in [-0.2, 0) is 6.54 Å². The van der Waals surface area contributed by atoms with E-state index in [1.54, 1.807) is 18.2 Å². The van der Waals surface area contributed by atoms with Gasteiger partial charge in [-0.1, -0.05) is 65.7 Å². The molecule has 152 valence electrons. The molecule has 4 rings (SSSR count). The van der Waals surface area contributed by atoms with Gasteiger partial charge in [-0.2, -0.15) is 5.10 Å². The molecule has 0 amide bonds. The van der Waals surface area contributed by atoms with Gasteiger partial charge in [-0.25, -0.2) is 0 Å². The van der Waals surface area contributed by atoms with Crippen molar-refractivity contribution < 1.29 is 0 Å². The van der Waals surface area contributed by atoms with Crippen LogP contribution in [0.5, 0.6) is 0 Å². The van der Waals surface area contributed by atoms with Gasteiger partial charge in [-0.05, 0) is 60.6 Å². The van der Waals surface area contributed by atoms with Crippen LogP contribution < -0.4 is 10.6 Å². The van der Waals surface area contributed by atoms with Crippen LogP contribution in [0.3, 0.4) is 0 Å². The van der Waals surface area contributed by atoms with Gasteiger partial charge >= 0.3 is 0 Å². The van der Waals surface area contributed by atoms with Gasteiger partial charge in [0.25, 0.3) is 0 Å². The third-order valence-corrected chi connectivity index (χ3v) is 5.77. The van der Waals surface area contributed by atoms with E-state index in [2.05, 4.69) is 53.1 Å². The first-order valence-electron chi connectivity index (χ1n) is 9.46. The van der Waals surface area contributed by atoms with Crippen molar-refractivity contribution >= 4 is 62.7 Å². The number of fused-ring (bicyclic) bond motifs is 1. The zero-order chi connectivity index (χ0) is 21.3. The molecule has 0 aliphatic carbocycles. The van der Waals surface area contributed by atoms with E-state index in [1.807, 2.05) is 18.5 Å². The minimum absolute atomic E-state index is 0.426. The van der Waals surface area contributed by atoms with E-state index < -0.39 is 0 Å². The fourth-order valence-electron chi connectivity index (χ4n) is 3.48. The van der Waals surface area contributed by atoms with Crippen molar-refractivity contribution in [2.24, 2.45) is 0 Å². The van der Waals surface area contributed by atoms with E-state index >= 15 is 0 Å². The predicted molar refractivity (Wildman–Crippen MR) is 131 cm³/mol. The van der Waals surface area contributed by atoms with Crippen LogP contribution in [0, 0.1) is 13.8 Å². The molecule has 2 N–H and O–H groups in total. The predicted octanol–water partition coefficient (Wildman–Crippen LogP) is 6.82. The van der Waals surface area contributed by atoms with Gasteiger partial charge in [0.2, 0.25) is 0 Å². The second kappa shape index (κ2) is 8.64. The second-order valence-corrected chi connectivity index (χ2v) is 8.30. The Bertz CT molecular complexity index is 1240. The first-order valence-corrected chi connectivity index (χ1v) is 10.6. The summed E-state index contributed by atoms with van der Waals surface area (Å²) in [5, 5.41) is 15.1. The topological polar surface area (TPSA) is 41.9 Å². The van der Waals surface area contributed by atoms with Crippen molar-refractivity contribution in [1.29, 1.82) is 0 Å². The number of nitrogens with zero attached hydrogens (tertiary/aromatic N) is 2. The zero-order valence-electron chi connectivity index (χ0n) is 16.5. The summed E-state index contributed by atoms with van der Waals surface area (Å²) in [6.45, 7) is 4.67. The maximum atomic E-state index is 6.22. The van der Waals surface area contributed by atoms with Crippen molar-refractivity contribution in [3.05, 3.63) is 87.7 Å². The van der Waals surface area contributed by atoms with Crippen molar-refractivity contribution in [3.8, 4) is 0 Å². The van der Waals surface area contributed by atoms with Gasteiger partial charge < -0.3 is 10.6 Å². The average Bonchev–Trinajstić information content (AvgIpc) is 2.98. The molecule has 3 aromatic carbocycles. The Kier molecular flexibility index (Phi) is 5.95. The van der Waals surface area contributed by atoms with Crippen LogP contribution in [0.4, 0.5) is 11.4 Å². The van der Waals surface area contributed by atoms with E-state index in [4.69, 9.17) is 40.5 Å². The van der Waals surface area contributed by atoms with Gasteiger partial charge in [-0.3, -0.25) is 4.68 Å². The Labute approximate surface area is 190 Å². The Morgan fingerprint density at radius 2 is 1.77 bits per heavy atom. The standard InChI is InChI=1S/C23H20Cl2N4S/c1-14-22(27-23(30)26-21-12-18(24)10-11-20(21)25)15(2)29(28-14)13-17-8-5-7-16-6-3-4-9-19(16)17/h3-12H,13H2,1-2H3,(H2,26,27,30). The number of thiocarbonyl (C=S) groups is 1. The number of nitrogens with one attached hydrogen (secondary N) is 2.